The van der Waals surface area contributed by atoms with E-state index in [1.165, 1.54) is 13.2 Å². The van der Waals surface area contributed by atoms with Gasteiger partial charge in [0.1, 0.15) is 12.4 Å². The number of methoxy groups -OCH3 is 1. The SMILES string of the molecule is COc1ccc(/C=C(/C(N)=O)c2ccccc2COc2ccccc2)cc1O. The number of rotatable bonds is 7. The summed E-state index contributed by atoms with van der Waals surface area (Å²) >= 11 is 0. The molecule has 3 rings (SSSR count). The van der Waals surface area contributed by atoms with Gasteiger partial charge in [-0.05, 0) is 47.0 Å². The van der Waals surface area contributed by atoms with Crippen LogP contribution in [0.25, 0.3) is 11.6 Å². The van der Waals surface area contributed by atoms with E-state index in [0.717, 1.165) is 11.3 Å². The Labute approximate surface area is 163 Å². The van der Waals surface area contributed by atoms with E-state index in [2.05, 4.69) is 0 Å². The van der Waals surface area contributed by atoms with Gasteiger partial charge in [-0.2, -0.15) is 0 Å². The molecule has 0 saturated heterocycles. The van der Waals surface area contributed by atoms with Crippen molar-refractivity contribution in [2.24, 2.45) is 5.73 Å². The van der Waals surface area contributed by atoms with Crippen LogP contribution in [0.2, 0.25) is 0 Å². The molecule has 3 aromatic carbocycles. The zero-order chi connectivity index (χ0) is 19.9. The molecule has 0 atom stereocenters. The van der Waals surface area contributed by atoms with Crippen LogP contribution in [0.5, 0.6) is 17.2 Å². The van der Waals surface area contributed by atoms with Crippen molar-refractivity contribution in [3.63, 3.8) is 0 Å². The molecule has 28 heavy (non-hydrogen) atoms. The van der Waals surface area contributed by atoms with Gasteiger partial charge in [-0.25, -0.2) is 0 Å². The Kier molecular flexibility index (Phi) is 5.97. The average Bonchev–Trinajstić information content (AvgIpc) is 2.71. The minimum absolute atomic E-state index is 0.0132. The van der Waals surface area contributed by atoms with E-state index in [9.17, 15) is 9.90 Å². The summed E-state index contributed by atoms with van der Waals surface area (Å²) in [5.74, 6) is 0.514. The number of primary amides is 1. The molecular formula is C23H21NO4. The number of phenolic OH excluding ortho intramolecular Hbond substituents is 1. The fourth-order valence-electron chi connectivity index (χ4n) is 2.83. The molecule has 0 spiro atoms. The Morgan fingerprint density at radius 3 is 2.43 bits per heavy atom. The molecule has 0 bridgehead atoms. The van der Waals surface area contributed by atoms with Gasteiger partial charge in [0.15, 0.2) is 11.5 Å². The highest BCUT2D eigenvalue weighted by atomic mass is 16.5. The molecule has 1 amide bonds. The molecule has 0 aliphatic heterocycles. The van der Waals surface area contributed by atoms with Crippen LogP contribution in [0.1, 0.15) is 16.7 Å². The number of phenols is 1. The van der Waals surface area contributed by atoms with Crippen LogP contribution in [0, 0.1) is 0 Å². The van der Waals surface area contributed by atoms with Crippen molar-refractivity contribution in [2.45, 2.75) is 6.61 Å². The predicted molar refractivity (Wildman–Crippen MR) is 109 cm³/mol. The van der Waals surface area contributed by atoms with E-state index >= 15 is 0 Å². The molecule has 0 aliphatic rings. The van der Waals surface area contributed by atoms with Crippen molar-refractivity contribution < 1.29 is 19.4 Å². The van der Waals surface area contributed by atoms with E-state index in [0.29, 0.717) is 29.1 Å². The number of aromatic hydroxyl groups is 1. The summed E-state index contributed by atoms with van der Waals surface area (Å²) in [5.41, 5.74) is 8.12. The number of ether oxygens (including phenoxy) is 2. The monoisotopic (exact) mass is 375 g/mol. The standard InChI is InChI=1S/C23H21NO4/c1-27-22-12-11-16(14-21(22)25)13-20(23(24)26)19-10-6-5-7-17(19)15-28-18-8-3-2-4-9-18/h2-14,25H,15H2,1H3,(H2,24,26)/b20-13+. The third-order valence-electron chi connectivity index (χ3n) is 4.22. The molecule has 3 N–H and O–H groups in total. The Balaban J connectivity index is 1.94. The normalized spacial score (nSPS) is 11.1. The number of para-hydroxylation sites is 1. The molecule has 0 unspecified atom stereocenters. The van der Waals surface area contributed by atoms with Gasteiger partial charge in [0.25, 0.3) is 0 Å². The van der Waals surface area contributed by atoms with Gasteiger partial charge in [0.05, 0.1) is 7.11 Å². The second kappa shape index (κ2) is 8.77. The first-order valence-corrected chi connectivity index (χ1v) is 8.73. The van der Waals surface area contributed by atoms with Crippen molar-refractivity contribution in [1.82, 2.24) is 0 Å². The quantitative estimate of drug-likeness (QED) is 0.483. The number of hydrogen-bond acceptors (Lipinski definition) is 4. The minimum Gasteiger partial charge on any atom is -0.504 e. The number of carbonyl (C=O) groups is 1. The fourth-order valence-corrected chi connectivity index (χ4v) is 2.83. The second-order valence-electron chi connectivity index (χ2n) is 6.11. The summed E-state index contributed by atoms with van der Waals surface area (Å²) in [4.78, 5) is 12.2. The molecule has 3 aromatic rings. The van der Waals surface area contributed by atoms with E-state index in [4.69, 9.17) is 15.2 Å². The lowest BCUT2D eigenvalue weighted by Gasteiger charge is -2.13. The Hall–Kier alpha value is -3.73. The summed E-state index contributed by atoms with van der Waals surface area (Å²) in [6.45, 7) is 0.290. The van der Waals surface area contributed by atoms with Gasteiger partial charge in [0, 0.05) is 5.57 Å². The largest absolute Gasteiger partial charge is 0.504 e. The molecular weight excluding hydrogens is 354 g/mol. The zero-order valence-electron chi connectivity index (χ0n) is 15.5. The van der Waals surface area contributed by atoms with Gasteiger partial charge >= 0.3 is 0 Å². The Bertz CT molecular complexity index is 996. The molecule has 142 valence electrons. The van der Waals surface area contributed by atoms with Crippen LogP contribution in [0.4, 0.5) is 0 Å². The Morgan fingerprint density at radius 2 is 1.75 bits per heavy atom. The Morgan fingerprint density at radius 1 is 1.04 bits per heavy atom. The second-order valence-corrected chi connectivity index (χ2v) is 6.11. The highest BCUT2D eigenvalue weighted by molar-refractivity contribution is 6.23. The molecule has 5 heteroatoms. The minimum atomic E-state index is -0.567. The van der Waals surface area contributed by atoms with Crippen LogP contribution in [0.3, 0.4) is 0 Å². The van der Waals surface area contributed by atoms with E-state index in [1.807, 2.05) is 54.6 Å². The molecule has 0 saturated carbocycles. The van der Waals surface area contributed by atoms with Crippen LogP contribution >= 0.6 is 0 Å². The summed E-state index contributed by atoms with van der Waals surface area (Å²) in [5, 5.41) is 9.99. The maximum Gasteiger partial charge on any atom is 0.249 e. The van der Waals surface area contributed by atoms with E-state index < -0.39 is 5.91 Å². The molecule has 0 aliphatic carbocycles. The lowest BCUT2D eigenvalue weighted by atomic mass is 9.97. The third-order valence-corrected chi connectivity index (χ3v) is 4.22. The van der Waals surface area contributed by atoms with Crippen LogP contribution in [-0.2, 0) is 11.4 Å². The number of carbonyl (C=O) groups excluding carboxylic acids is 1. The van der Waals surface area contributed by atoms with Gasteiger partial charge in [-0.1, -0.05) is 48.5 Å². The number of nitrogens with two attached hydrogens (primary N) is 1. The zero-order valence-corrected chi connectivity index (χ0v) is 15.5. The van der Waals surface area contributed by atoms with Crippen LogP contribution in [-0.4, -0.2) is 18.1 Å². The average molecular weight is 375 g/mol. The van der Waals surface area contributed by atoms with Crippen molar-refractivity contribution >= 4 is 17.6 Å². The van der Waals surface area contributed by atoms with Crippen molar-refractivity contribution in [3.8, 4) is 17.2 Å². The molecule has 0 fully saturated rings. The van der Waals surface area contributed by atoms with Crippen molar-refractivity contribution in [1.29, 1.82) is 0 Å². The number of amides is 1. The summed E-state index contributed by atoms with van der Waals surface area (Å²) in [6, 6.07) is 21.8. The molecule has 0 heterocycles. The third kappa shape index (κ3) is 4.51. The van der Waals surface area contributed by atoms with Gasteiger partial charge in [-0.3, -0.25) is 4.79 Å². The van der Waals surface area contributed by atoms with Gasteiger partial charge < -0.3 is 20.3 Å². The number of hydrogen-bond donors (Lipinski definition) is 2. The predicted octanol–water partition coefficient (Wildman–Crippen LogP) is 4.01. The van der Waals surface area contributed by atoms with E-state index in [-0.39, 0.29) is 5.75 Å². The smallest absolute Gasteiger partial charge is 0.249 e. The van der Waals surface area contributed by atoms with Crippen LogP contribution < -0.4 is 15.2 Å². The maximum absolute atomic E-state index is 12.2. The summed E-state index contributed by atoms with van der Waals surface area (Å²) in [6.07, 6.45) is 1.64. The lowest BCUT2D eigenvalue weighted by Crippen LogP contribution is -2.14. The molecule has 5 nitrogen and oxygen atoms in total. The molecule has 0 aromatic heterocycles. The van der Waals surface area contributed by atoms with Crippen molar-refractivity contribution in [3.05, 3.63) is 89.5 Å². The van der Waals surface area contributed by atoms with Crippen LogP contribution in [0.15, 0.2) is 72.8 Å². The maximum atomic E-state index is 12.2. The lowest BCUT2D eigenvalue weighted by molar-refractivity contribution is -0.112. The van der Waals surface area contributed by atoms with Gasteiger partial charge in [0.2, 0.25) is 5.91 Å². The fraction of sp³-hybridized carbons (Fsp3) is 0.0870. The van der Waals surface area contributed by atoms with E-state index in [1.54, 1.807) is 18.2 Å². The topological polar surface area (TPSA) is 81.8 Å². The highest BCUT2D eigenvalue weighted by Crippen LogP contribution is 2.29. The first kappa shape index (κ1) is 19.0. The number of benzene rings is 3. The highest BCUT2D eigenvalue weighted by Gasteiger charge is 2.14. The summed E-state index contributed by atoms with van der Waals surface area (Å²) < 4.78 is 10.9. The summed E-state index contributed by atoms with van der Waals surface area (Å²) in [7, 11) is 1.47. The first-order chi connectivity index (χ1) is 13.6. The first-order valence-electron chi connectivity index (χ1n) is 8.73. The van der Waals surface area contributed by atoms with Gasteiger partial charge in [-0.15, -0.1) is 0 Å². The molecule has 0 radical (unpaired) electrons. The van der Waals surface area contributed by atoms with Crippen molar-refractivity contribution in [2.75, 3.05) is 7.11 Å².